The Hall–Kier alpha value is -3.54. The molecular weight excluding hydrogens is 432 g/mol. The molecule has 0 spiro atoms. The normalized spacial score (nSPS) is 20.8. The van der Waals surface area contributed by atoms with Crippen LogP contribution in [0.4, 0.5) is 5.69 Å². The Kier molecular flexibility index (Phi) is 5.68. The van der Waals surface area contributed by atoms with Gasteiger partial charge in [-0.15, -0.1) is 0 Å². The van der Waals surface area contributed by atoms with Gasteiger partial charge in [-0.1, -0.05) is 13.0 Å². The Bertz CT molecular complexity index is 1260. The van der Waals surface area contributed by atoms with Crippen LogP contribution in [0.1, 0.15) is 51.2 Å². The lowest BCUT2D eigenvalue weighted by Gasteiger charge is -2.38. The SMILES string of the molecule is Cc1c(C(O)CN2CCN(C3=Nc4ccc(C#N)cc4CC3C)C(=O)C2)ccc2c1COC2=O. The maximum atomic E-state index is 13.1. The lowest BCUT2D eigenvalue weighted by molar-refractivity contribution is -0.132. The summed E-state index contributed by atoms with van der Waals surface area (Å²) >= 11 is 0. The molecule has 3 aliphatic rings. The van der Waals surface area contributed by atoms with Crippen molar-refractivity contribution in [1.82, 2.24) is 9.80 Å². The summed E-state index contributed by atoms with van der Waals surface area (Å²) in [5, 5.41) is 20.0. The van der Waals surface area contributed by atoms with Crippen LogP contribution < -0.4 is 0 Å². The number of β-amino-alcohol motifs (C(OH)–C–C–N with tert-alkyl or cyclic N) is 1. The minimum atomic E-state index is -0.771. The topological polar surface area (TPSA) is 106 Å². The van der Waals surface area contributed by atoms with Gasteiger partial charge in [-0.2, -0.15) is 5.26 Å². The predicted molar refractivity (Wildman–Crippen MR) is 125 cm³/mol. The fraction of sp³-hybridized carbons (Fsp3) is 0.385. The number of piperazine rings is 1. The van der Waals surface area contributed by atoms with E-state index < -0.39 is 6.10 Å². The highest BCUT2D eigenvalue weighted by Gasteiger charge is 2.33. The Morgan fingerprint density at radius 2 is 2.09 bits per heavy atom. The zero-order valence-corrected chi connectivity index (χ0v) is 19.2. The molecule has 8 heteroatoms. The van der Waals surface area contributed by atoms with Gasteiger partial charge in [0.05, 0.1) is 35.5 Å². The van der Waals surface area contributed by atoms with Crippen molar-refractivity contribution in [1.29, 1.82) is 5.26 Å². The number of hydrogen-bond acceptors (Lipinski definition) is 7. The van der Waals surface area contributed by atoms with Crippen LogP contribution in [0.3, 0.4) is 0 Å². The molecule has 1 N–H and O–H groups in total. The minimum Gasteiger partial charge on any atom is -0.457 e. The number of aliphatic hydroxyl groups excluding tert-OH is 1. The van der Waals surface area contributed by atoms with Gasteiger partial charge in [0.2, 0.25) is 5.91 Å². The molecule has 0 aromatic heterocycles. The fourth-order valence-corrected chi connectivity index (χ4v) is 5.10. The second-order valence-electron chi connectivity index (χ2n) is 9.21. The van der Waals surface area contributed by atoms with Gasteiger partial charge in [-0.25, -0.2) is 9.79 Å². The standard InChI is InChI=1S/C26H26N4O4/c1-15-9-18-10-17(11-27)3-6-22(18)28-25(15)30-8-7-29(13-24(30)32)12-23(31)19-4-5-20-21(16(19)2)14-34-26(20)33/h3-6,10,15,23,31H,7-9,12-14H2,1-2H3. The number of cyclic esters (lactones) is 1. The highest BCUT2D eigenvalue weighted by atomic mass is 16.5. The molecule has 1 saturated heterocycles. The van der Waals surface area contributed by atoms with E-state index in [9.17, 15) is 14.7 Å². The molecular formula is C26H26N4O4. The van der Waals surface area contributed by atoms with Crippen molar-refractivity contribution >= 4 is 23.4 Å². The van der Waals surface area contributed by atoms with Crippen LogP contribution in [0.2, 0.25) is 0 Å². The summed E-state index contributed by atoms with van der Waals surface area (Å²) in [5.41, 5.74) is 5.47. The highest BCUT2D eigenvalue weighted by Crippen LogP contribution is 2.32. The number of rotatable bonds is 3. The molecule has 0 saturated carbocycles. The molecule has 3 aliphatic heterocycles. The van der Waals surface area contributed by atoms with Crippen molar-refractivity contribution < 1.29 is 19.4 Å². The van der Waals surface area contributed by atoms with E-state index in [4.69, 9.17) is 15.0 Å². The van der Waals surface area contributed by atoms with E-state index in [0.717, 1.165) is 40.2 Å². The number of esters is 1. The largest absolute Gasteiger partial charge is 0.457 e. The highest BCUT2D eigenvalue weighted by molar-refractivity contribution is 6.02. The molecule has 0 radical (unpaired) electrons. The molecule has 5 rings (SSSR count). The van der Waals surface area contributed by atoms with Gasteiger partial charge in [0.1, 0.15) is 12.4 Å². The molecule has 2 aromatic carbocycles. The minimum absolute atomic E-state index is 0.0363. The van der Waals surface area contributed by atoms with Crippen LogP contribution in [-0.2, 0) is 22.6 Å². The maximum Gasteiger partial charge on any atom is 0.338 e. The van der Waals surface area contributed by atoms with Crippen molar-refractivity contribution in [2.45, 2.75) is 33.0 Å². The Morgan fingerprint density at radius 3 is 2.85 bits per heavy atom. The quantitative estimate of drug-likeness (QED) is 0.709. The first-order valence-corrected chi connectivity index (χ1v) is 11.5. The number of benzene rings is 2. The van der Waals surface area contributed by atoms with Crippen molar-refractivity contribution in [3.05, 3.63) is 63.7 Å². The third kappa shape index (κ3) is 3.87. The zero-order chi connectivity index (χ0) is 24.0. The van der Waals surface area contributed by atoms with E-state index in [1.165, 1.54) is 0 Å². The molecule has 0 bridgehead atoms. The molecule has 8 nitrogen and oxygen atoms in total. The van der Waals surface area contributed by atoms with Crippen molar-refractivity contribution in [3.63, 3.8) is 0 Å². The van der Waals surface area contributed by atoms with E-state index >= 15 is 0 Å². The number of amides is 1. The van der Waals surface area contributed by atoms with Gasteiger partial charge in [-0.05, 0) is 54.3 Å². The van der Waals surface area contributed by atoms with Crippen LogP contribution in [0.5, 0.6) is 0 Å². The summed E-state index contributed by atoms with van der Waals surface area (Å²) in [4.78, 5) is 33.3. The summed E-state index contributed by atoms with van der Waals surface area (Å²) < 4.78 is 5.11. The summed E-state index contributed by atoms with van der Waals surface area (Å²) in [6.45, 7) is 5.84. The number of aliphatic hydroxyl groups is 1. The van der Waals surface area contributed by atoms with Crippen LogP contribution >= 0.6 is 0 Å². The van der Waals surface area contributed by atoms with Crippen LogP contribution in [0, 0.1) is 24.2 Å². The van der Waals surface area contributed by atoms with E-state index in [0.29, 0.717) is 30.8 Å². The molecule has 2 aromatic rings. The average molecular weight is 459 g/mol. The molecule has 3 heterocycles. The summed E-state index contributed by atoms with van der Waals surface area (Å²) in [6, 6.07) is 11.1. The number of nitrogens with zero attached hydrogens (tertiary/aromatic N) is 4. The Morgan fingerprint density at radius 1 is 1.26 bits per heavy atom. The third-order valence-corrected chi connectivity index (χ3v) is 6.98. The lowest BCUT2D eigenvalue weighted by Crippen LogP contribution is -2.54. The first-order valence-electron chi connectivity index (χ1n) is 11.5. The second kappa shape index (κ2) is 8.67. The monoisotopic (exact) mass is 458 g/mol. The number of hydrogen-bond donors (Lipinski definition) is 1. The van der Waals surface area contributed by atoms with Crippen LogP contribution in [0.25, 0.3) is 0 Å². The number of fused-ring (bicyclic) bond motifs is 2. The van der Waals surface area contributed by atoms with E-state index in [1.54, 1.807) is 23.1 Å². The molecule has 1 amide bonds. The smallest absolute Gasteiger partial charge is 0.338 e. The van der Waals surface area contributed by atoms with Crippen LogP contribution in [-0.4, -0.2) is 58.8 Å². The molecule has 2 unspecified atom stereocenters. The number of carbonyl (C=O) groups excluding carboxylic acids is 2. The molecule has 174 valence electrons. The van der Waals surface area contributed by atoms with Crippen molar-refractivity contribution in [2.75, 3.05) is 26.2 Å². The van der Waals surface area contributed by atoms with E-state index in [1.807, 2.05) is 24.0 Å². The molecule has 0 aliphatic carbocycles. The first kappa shape index (κ1) is 22.3. The molecule has 1 fully saturated rings. The number of nitriles is 1. The first-order chi connectivity index (χ1) is 16.4. The van der Waals surface area contributed by atoms with Gasteiger partial charge in [0.15, 0.2) is 0 Å². The zero-order valence-electron chi connectivity index (χ0n) is 19.2. The second-order valence-corrected chi connectivity index (χ2v) is 9.21. The third-order valence-electron chi connectivity index (χ3n) is 6.98. The Labute approximate surface area is 198 Å². The molecule has 2 atom stereocenters. The summed E-state index contributed by atoms with van der Waals surface area (Å²) in [7, 11) is 0. The van der Waals surface area contributed by atoms with E-state index in [2.05, 4.69) is 13.0 Å². The van der Waals surface area contributed by atoms with Crippen LogP contribution in [0.15, 0.2) is 35.3 Å². The van der Waals surface area contributed by atoms with Gasteiger partial charge < -0.3 is 9.84 Å². The molecule has 34 heavy (non-hydrogen) atoms. The van der Waals surface area contributed by atoms with Gasteiger partial charge in [0, 0.05) is 31.1 Å². The van der Waals surface area contributed by atoms with Gasteiger partial charge in [-0.3, -0.25) is 14.6 Å². The maximum absolute atomic E-state index is 13.1. The lowest BCUT2D eigenvalue weighted by atomic mass is 9.93. The van der Waals surface area contributed by atoms with Gasteiger partial charge >= 0.3 is 5.97 Å². The Balaban J connectivity index is 1.27. The number of amidine groups is 1. The van der Waals surface area contributed by atoms with E-state index in [-0.39, 0.29) is 30.9 Å². The summed E-state index contributed by atoms with van der Waals surface area (Å²) in [6.07, 6.45) is -0.0350. The predicted octanol–water partition coefficient (Wildman–Crippen LogP) is 2.64. The van der Waals surface area contributed by atoms with Gasteiger partial charge in [0.25, 0.3) is 0 Å². The van der Waals surface area contributed by atoms with Crippen molar-refractivity contribution in [3.8, 4) is 6.07 Å². The number of ether oxygens (including phenoxy) is 1. The average Bonchev–Trinajstić information content (AvgIpc) is 3.20. The number of aliphatic imine (C=N–C) groups is 1. The summed E-state index contributed by atoms with van der Waals surface area (Å²) in [5.74, 6) is 0.475. The number of carbonyl (C=O) groups is 2. The van der Waals surface area contributed by atoms with Crippen molar-refractivity contribution in [2.24, 2.45) is 10.9 Å². The fourth-order valence-electron chi connectivity index (χ4n) is 5.10.